The Bertz CT molecular complexity index is 250. The highest BCUT2D eigenvalue weighted by molar-refractivity contribution is 5.10. The van der Waals surface area contributed by atoms with Crippen LogP contribution in [0.5, 0.6) is 0 Å². The lowest BCUT2D eigenvalue weighted by molar-refractivity contribution is -0.129. The van der Waals surface area contributed by atoms with Crippen molar-refractivity contribution >= 4 is 0 Å². The summed E-state index contributed by atoms with van der Waals surface area (Å²) >= 11 is 0. The molecule has 0 radical (unpaired) electrons. The summed E-state index contributed by atoms with van der Waals surface area (Å²) in [4.78, 5) is 0. The summed E-state index contributed by atoms with van der Waals surface area (Å²) < 4.78 is 5.83. The molecule has 2 rings (SSSR count). The average Bonchev–Trinajstić information content (AvgIpc) is 2.74. The fourth-order valence-electron chi connectivity index (χ4n) is 3.35. The summed E-state index contributed by atoms with van der Waals surface area (Å²) in [6, 6.07) is 0.604. The normalized spacial score (nSPS) is 32.5. The Labute approximate surface area is 92.8 Å². The van der Waals surface area contributed by atoms with Crippen LogP contribution in [0, 0.1) is 17.8 Å². The molecule has 0 bridgehead atoms. The molecular weight excluding hydrogens is 186 g/mol. The van der Waals surface area contributed by atoms with Gasteiger partial charge in [0, 0.05) is 18.1 Å². The van der Waals surface area contributed by atoms with Crippen LogP contribution >= 0.6 is 0 Å². The van der Waals surface area contributed by atoms with E-state index in [1.54, 1.807) is 0 Å². The minimum absolute atomic E-state index is 0.423. The lowest BCUT2D eigenvalue weighted by atomic mass is 9.60. The van der Waals surface area contributed by atoms with Gasteiger partial charge in [0.15, 0.2) is 0 Å². The highest BCUT2D eigenvalue weighted by Gasteiger charge is 2.56. The van der Waals surface area contributed by atoms with E-state index in [1.165, 1.54) is 25.7 Å². The summed E-state index contributed by atoms with van der Waals surface area (Å²) in [5, 5.41) is 3.47. The van der Waals surface area contributed by atoms with E-state index in [9.17, 15) is 0 Å². The Balaban J connectivity index is 1.95. The smallest absolute Gasteiger partial charge is 0.0661 e. The summed E-state index contributed by atoms with van der Waals surface area (Å²) in [5.41, 5.74) is 0.423. The van der Waals surface area contributed by atoms with Gasteiger partial charge < -0.3 is 10.1 Å². The molecule has 0 amide bonds. The fraction of sp³-hybridized carbons (Fsp3) is 0.846. The van der Waals surface area contributed by atoms with Crippen LogP contribution in [0.15, 0.2) is 0 Å². The third-order valence-electron chi connectivity index (χ3n) is 4.14. The molecule has 2 aliphatic rings. The van der Waals surface area contributed by atoms with Crippen LogP contribution in [0.2, 0.25) is 0 Å². The predicted molar refractivity (Wildman–Crippen MR) is 61.6 cm³/mol. The van der Waals surface area contributed by atoms with E-state index >= 15 is 0 Å². The Kier molecular flexibility index (Phi) is 3.33. The summed E-state index contributed by atoms with van der Waals surface area (Å²) in [5.74, 6) is 2.67. The molecule has 0 aromatic heterocycles. The fourth-order valence-corrected chi connectivity index (χ4v) is 3.35. The van der Waals surface area contributed by atoms with Crippen LogP contribution in [-0.4, -0.2) is 25.3 Å². The van der Waals surface area contributed by atoms with Gasteiger partial charge in [-0.05, 0) is 26.2 Å². The Hall–Kier alpha value is -0.520. The zero-order valence-electron chi connectivity index (χ0n) is 9.59. The van der Waals surface area contributed by atoms with Gasteiger partial charge in [-0.1, -0.05) is 18.8 Å². The zero-order valence-corrected chi connectivity index (χ0v) is 9.59. The number of terminal acetylenes is 1. The Morgan fingerprint density at radius 3 is 2.80 bits per heavy atom. The van der Waals surface area contributed by atoms with Crippen LogP contribution in [0.4, 0.5) is 0 Å². The molecular formula is C13H21NO. The van der Waals surface area contributed by atoms with Crippen molar-refractivity contribution < 1.29 is 4.74 Å². The largest absolute Gasteiger partial charge is 0.378 e. The van der Waals surface area contributed by atoms with E-state index in [2.05, 4.69) is 18.2 Å². The molecule has 2 aliphatic carbocycles. The van der Waals surface area contributed by atoms with E-state index < -0.39 is 0 Å². The van der Waals surface area contributed by atoms with Crippen molar-refractivity contribution in [3.8, 4) is 12.3 Å². The lowest BCUT2D eigenvalue weighted by Gasteiger charge is -2.54. The maximum atomic E-state index is 5.83. The van der Waals surface area contributed by atoms with E-state index in [4.69, 9.17) is 11.2 Å². The molecule has 2 heteroatoms. The quantitative estimate of drug-likeness (QED) is 0.711. The molecule has 0 saturated heterocycles. The average molecular weight is 207 g/mol. The van der Waals surface area contributed by atoms with Crippen molar-refractivity contribution in [1.82, 2.24) is 5.32 Å². The monoisotopic (exact) mass is 207 g/mol. The van der Waals surface area contributed by atoms with Gasteiger partial charge in [0.2, 0.25) is 0 Å². The Morgan fingerprint density at radius 2 is 2.20 bits per heavy atom. The highest BCUT2D eigenvalue weighted by atomic mass is 16.5. The van der Waals surface area contributed by atoms with Crippen molar-refractivity contribution in [2.45, 2.75) is 51.2 Å². The predicted octanol–water partition coefficient (Wildman–Crippen LogP) is 1.95. The van der Waals surface area contributed by atoms with Crippen LogP contribution in [0.3, 0.4) is 0 Å². The Morgan fingerprint density at radius 1 is 1.47 bits per heavy atom. The van der Waals surface area contributed by atoms with Crippen molar-refractivity contribution in [3.63, 3.8) is 0 Å². The van der Waals surface area contributed by atoms with Crippen LogP contribution < -0.4 is 5.32 Å². The second-order valence-electron chi connectivity index (χ2n) is 4.76. The first-order valence-electron chi connectivity index (χ1n) is 6.12. The van der Waals surface area contributed by atoms with Crippen LogP contribution in [0.1, 0.15) is 39.0 Å². The topological polar surface area (TPSA) is 21.3 Å². The standard InChI is InChI=1S/C13H21NO/c1-3-9-14-11-10-12(15-4-2)13(11)7-5-6-8-13/h1,11-12,14H,4-10H2,2H3. The number of hydrogen-bond acceptors (Lipinski definition) is 2. The number of rotatable bonds is 4. The summed E-state index contributed by atoms with van der Waals surface area (Å²) in [6.07, 6.45) is 12.3. The molecule has 1 spiro atoms. The SMILES string of the molecule is C#CCNC1CC(OCC)C12CCCC2. The highest BCUT2D eigenvalue weighted by Crippen LogP contribution is 2.54. The molecule has 84 valence electrons. The van der Waals surface area contributed by atoms with E-state index in [1.807, 2.05) is 0 Å². The van der Waals surface area contributed by atoms with Crippen molar-refractivity contribution in [3.05, 3.63) is 0 Å². The third-order valence-corrected chi connectivity index (χ3v) is 4.14. The van der Waals surface area contributed by atoms with Gasteiger partial charge in [0.25, 0.3) is 0 Å². The number of nitrogens with one attached hydrogen (secondary N) is 1. The summed E-state index contributed by atoms with van der Waals surface area (Å²) in [6.45, 7) is 3.63. The molecule has 2 atom stereocenters. The number of hydrogen-bond donors (Lipinski definition) is 1. The molecule has 0 aliphatic heterocycles. The maximum absolute atomic E-state index is 5.83. The number of ether oxygens (including phenoxy) is 1. The molecule has 15 heavy (non-hydrogen) atoms. The van der Waals surface area contributed by atoms with Gasteiger partial charge in [-0.3, -0.25) is 0 Å². The van der Waals surface area contributed by atoms with Gasteiger partial charge in [-0.25, -0.2) is 0 Å². The first-order valence-corrected chi connectivity index (χ1v) is 6.12. The minimum atomic E-state index is 0.423. The van der Waals surface area contributed by atoms with E-state index in [0.717, 1.165) is 13.0 Å². The summed E-state index contributed by atoms with van der Waals surface area (Å²) in [7, 11) is 0. The van der Waals surface area contributed by atoms with Crippen molar-refractivity contribution in [2.75, 3.05) is 13.2 Å². The third kappa shape index (κ3) is 1.79. The lowest BCUT2D eigenvalue weighted by Crippen LogP contribution is -2.62. The van der Waals surface area contributed by atoms with Crippen molar-refractivity contribution in [2.24, 2.45) is 5.41 Å². The molecule has 2 nitrogen and oxygen atoms in total. The minimum Gasteiger partial charge on any atom is -0.378 e. The van der Waals surface area contributed by atoms with Gasteiger partial charge in [-0.15, -0.1) is 6.42 Å². The first-order chi connectivity index (χ1) is 7.33. The zero-order chi connectivity index (χ0) is 10.7. The second kappa shape index (κ2) is 4.55. The van der Waals surface area contributed by atoms with Crippen LogP contribution in [-0.2, 0) is 4.74 Å². The first kappa shape index (κ1) is 11.0. The second-order valence-corrected chi connectivity index (χ2v) is 4.76. The molecule has 2 fully saturated rings. The molecule has 2 unspecified atom stereocenters. The molecule has 0 aromatic carbocycles. The molecule has 0 aromatic rings. The van der Waals surface area contributed by atoms with Gasteiger partial charge in [0.05, 0.1) is 12.6 Å². The van der Waals surface area contributed by atoms with E-state index in [-0.39, 0.29) is 0 Å². The van der Waals surface area contributed by atoms with E-state index in [0.29, 0.717) is 24.1 Å². The molecule has 2 saturated carbocycles. The van der Waals surface area contributed by atoms with Gasteiger partial charge in [-0.2, -0.15) is 0 Å². The van der Waals surface area contributed by atoms with Gasteiger partial charge >= 0.3 is 0 Å². The maximum Gasteiger partial charge on any atom is 0.0661 e. The van der Waals surface area contributed by atoms with Crippen LogP contribution in [0.25, 0.3) is 0 Å². The molecule has 1 N–H and O–H groups in total. The van der Waals surface area contributed by atoms with Gasteiger partial charge in [0.1, 0.15) is 0 Å². The molecule has 0 heterocycles. The van der Waals surface area contributed by atoms with Crippen molar-refractivity contribution in [1.29, 1.82) is 0 Å².